The summed E-state index contributed by atoms with van der Waals surface area (Å²) < 4.78 is 6.88. The van der Waals surface area contributed by atoms with Crippen molar-refractivity contribution in [2.75, 3.05) is 43.9 Å². The molecule has 8 heteroatoms. The average Bonchev–Trinajstić information content (AvgIpc) is 2.98. The quantitative estimate of drug-likeness (QED) is 0.795. The number of rotatable bonds is 4. The van der Waals surface area contributed by atoms with E-state index in [4.69, 9.17) is 10.5 Å². The van der Waals surface area contributed by atoms with Crippen molar-refractivity contribution in [1.29, 1.82) is 0 Å². The van der Waals surface area contributed by atoms with Crippen LogP contribution in [0.5, 0.6) is 0 Å². The van der Waals surface area contributed by atoms with Crippen molar-refractivity contribution in [2.45, 2.75) is 13.3 Å². The maximum absolute atomic E-state index is 6.04. The first-order valence-corrected chi connectivity index (χ1v) is 7.46. The molecule has 0 spiro atoms. The van der Waals surface area contributed by atoms with Crippen molar-refractivity contribution in [1.82, 2.24) is 24.9 Å². The molecule has 118 valence electrons. The lowest BCUT2D eigenvalue weighted by Crippen LogP contribution is -2.44. The van der Waals surface area contributed by atoms with Crippen LogP contribution < -0.4 is 16.0 Å². The first-order chi connectivity index (χ1) is 10.7. The van der Waals surface area contributed by atoms with Crippen molar-refractivity contribution in [3.05, 3.63) is 18.0 Å². The Morgan fingerprint density at radius 2 is 2.18 bits per heavy atom. The van der Waals surface area contributed by atoms with Gasteiger partial charge in [0, 0.05) is 32.2 Å². The zero-order chi connectivity index (χ0) is 15.5. The van der Waals surface area contributed by atoms with E-state index in [2.05, 4.69) is 25.3 Å². The topological polar surface area (TPSA) is 93.6 Å². The summed E-state index contributed by atoms with van der Waals surface area (Å²) in [5.41, 5.74) is 6.72. The summed E-state index contributed by atoms with van der Waals surface area (Å²) in [7, 11) is 1.61. The zero-order valence-corrected chi connectivity index (χ0v) is 12.9. The van der Waals surface area contributed by atoms with Crippen molar-refractivity contribution < 1.29 is 4.74 Å². The van der Waals surface area contributed by atoms with Gasteiger partial charge < -0.3 is 20.7 Å². The molecular weight excluding hydrogens is 282 g/mol. The van der Waals surface area contributed by atoms with Crippen LogP contribution >= 0.6 is 0 Å². The van der Waals surface area contributed by atoms with E-state index in [1.165, 1.54) is 0 Å². The van der Waals surface area contributed by atoms with Gasteiger partial charge in [0.25, 0.3) is 0 Å². The Labute approximate surface area is 129 Å². The average molecular weight is 303 g/mol. The van der Waals surface area contributed by atoms with Crippen LogP contribution in [0, 0.1) is 0 Å². The Morgan fingerprint density at radius 3 is 2.86 bits per heavy atom. The third kappa shape index (κ3) is 2.69. The minimum absolute atomic E-state index is 0.330. The number of nitrogens with zero attached hydrogens (tertiary/aromatic N) is 5. The Kier molecular flexibility index (Phi) is 4.10. The molecule has 22 heavy (non-hydrogen) atoms. The highest BCUT2D eigenvalue weighted by Crippen LogP contribution is 2.19. The highest BCUT2D eigenvalue weighted by atomic mass is 16.5. The number of allylic oxidation sites excluding steroid dienone is 1. The highest BCUT2D eigenvalue weighted by molar-refractivity contribution is 5.60. The fraction of sp³-hybridized carbons (Fsp3) is 0.500. The molecule has 3 heterocycles. The third-order valence-corrected chi connectivity index (χ3v) is 3.61. The van der Waals surface area contributed by atoms with Crippen LogP contribution in [0.15, 0.2) is 12.1 Å². The smallest absolute Gasteiger partial charge is 0.225 e. The van der Waals surface area contributed by atoms with E-state index in [0.29, 0.717) is 23.2 Å². The van der Waals surface area contributed by atoms with Gasteiger partial charge in [-0.05, 0) is 12.5 Å². The van der Waals surface area contributed by atoms with Gasteiger partial charge in [-0.3, -0.25) is 0 Å². The number of aromatic nitrogens is 4. The number of fused-ring (bicyclic) bond motifs is 1. The Morgan fingerprint density at radius 1 is 1.41 bits per heavy atom. The van der Waals surface area contributed by atoms with Crippen LogP contribution in [0.1, 0.15) is 19.2 Å². The number of nitrogens with two attached hydrogens (primary N) is 1. The number of piperazine rings is 1. The van der Waals surface area contributed by atoms with Gasteiger partial charge in [0.15, 0.2) is 11.4 Å². The molecule has 3 rings (SSSR count). The Hall–Kier alpha value is -2.35. The second-order valence-corrected chi connectivity index (χ2v) is 5.10. The molecule has 0 unspecified atom stereocenters. The molecule has 0 aromatic carbocycles. The van der Waals surface area contributed by atoms with E-state index in [-0.39, 0.29) is 0 Å². The van der Waals surface area contributed by atoms with Crippen LogP contribution in [0.4, 0.5) is 11.8 Å². The first-order valence-electron chi connectivity index (χ1n) is 7.46. The van der Waals surface area contributed by atoms with Gasteiger partial charge in [-0.15, -0.1) is 5.10 Å². The van der Waals surface area contributed by atoms with Crippen LogP contribution in [-0.4, -0.2) is 52.9 Å². The predicted molar refractivity (Wildman–Crippen MR) is 85.6 cm³/mol. The molecule has 1 aliphatic rings. The Balaban J connectivity index is 2.00. The highest BCUT2D eigenvalue weighted by Gasteiger charge is 2.17. The van der Waals surface area contributed by atoms with Crippen molar-refractivity contribution in [3.8, 4) is 0 Å². The van der Waals surface area contributed by atoms with Crippen LogP contribution in [-0.2, 0) is 4.74 Å². The fourth-order valence-electron chi connectivity index (χ4n) is 2.51. The lowest BCUT2D eigenvalue weighted by molar-refractivity contribution is 0.365. The van der Waals surface area contributed by atoms with Gasteiger partial charge in [-0.1, -0.05) is 6.92 Å². The van der Waals surface area contributed by atoms with E-state index in [1.54, 1.807) is 11.6 Å². The number of anilines is 2. The van der Waals surface area contributed by atoms with E-state index in [1.807, 2.05) is 19.1 Å². The Bertz CT molecular complexity index is 688. The fourth-order valence-corrected chi connectivity index (χ4v) is 2.51. The maximum Gasteiger partial charge on any atom is 0.225 e. The monoisotopic (exact) mass is 303 g/mol. The van der Waals surface area contributed by atoms with Gasteiger partial charge in [-0.25, -0.2) is 4.98 Å². The van der Waals surface area contributed by atoms with Crippen LogP contribution in [0.25, 0.3) is 11.4 Å². The third-order valence-electron chi connectivity index (χ3n) is 3.61. The summed E-state index contributed by atoms with van der Waals surface area (Å²) in [4.78, 5) is 11.2. The van der Waals surface area contributed by atoms with Gasteiger partial charge in [0.1, 0.15) is 5.82 Å². The minimum Gasteiger partial charge on any atom is -0.493 e. The van der Waals surface area contributed by atoms with E-state index in [0.717, 1.165) is 38.4 Å². The molecule has 0 atom stereocenters. The summed E-state index contributed by atoms with van der Waals surface area (Å²) in [5.74, 6) is 2.34. The zero-order valence-electron chi connectivity index (χ0n) is 12.9. The molecule has 3 N–H and O–H groups in total. The number of nitrogen functional groups attached to an aromatic ring is 1. The molecule has 0 amide bonds. The predicted octanol–water partition coefficient (Wildman–Crippen LogP) is 0.513. The van der Waals surface area contributed by atoms with E-state index in [9.17, 15) is 0 Å². The molecular formula is C14H21N7O. The molecule has 0 aliphatic carbocycles. The lowest BCUT2D eigenvalue weighted by Gasteiger charge is -2.28. The molecule has 1 saturated heterocycles. The number of ether oxygens (including phenoxy) is 1. The van der Waals surface area contributed by atoms with Crippen molar-refractivity contribution >= 4 is 23.2 Å². The largest absolute Gasteiger partial charge is 0.493 e. The molecule has 2 aromatic rings. The maximum atomic E-state index is 6.04. The second-order valence-electron chi connectivity index (χ2n) is 5.10. The molecule has 1 aliphatic heterocycles. The lowest BCUT2D eigenvalue weighted by atomic mass is 10.3. The molecule has 0 radical (unpaired) electrons. The van der Waals surface area contributed by atoms with E-state index < -0.39 is 0 Å². The van der Waals surface area contributed by atoms with Gasteiger partial charge in [0.2, 0.25) is 11.8 Å². The van der Waals surface area contributed by atoms with Gasteiger partial charge in [-0.2, -0.15) is 9.50 Å². The van der Waals surface area contributed by atoms with Crippen LogP contribution in [0.2, 0.25) is 0 Å². The first kappa shape index (κ1) is 14.6. The summed E-state index contributed by atoms with van der Waals surface area (Å²) in [5, 5.41) is 7.70. The minimum atomic E-state index is 0.330. The van der Waals surface area contributed by atoms with Crippen LogP contribution in [0.3, 0.4) is 0 Å². The van der Waals surface area contributed by atoms with Crippen molar-refractivity contribution in [3.63, 3.8) is 0 Å². The summed E-state index contributed by atoms with van der Waals surface area (Å²) in [6, 6.07) is 1.91. The summed E-state index contributed by atoms with van der Waals surface area (Å²) >= 11 is 0. The number of methoxy groups -OCH3 is 1. The molecule has 1 fully saturated rings. The summed E-state index contributed by atoms with van der Waals surface area (Å²) in [6.45, 7) is 5.73. The standard InChI is InChI=1S/C14H21N7O/c1-3-4-10(22-2)13-17-12-9-11(18-14(15)21(12)19-13)20-7-5-16-6-8-20/h4,9,16H,3,5-8H2,1-2H3,(H2,15,18)/b10-4-. The van der Waals surface area contributed by atoms with Crippen molar-refractivity contribution in [2.24, 2.45) is 0 Å². The molecule has 0 saturated carbocycles. The van der Waals surface area contributed by atoms with E-state index >= 15 is 0 Å². The van der Waals surface area contributed by atoms with Gasteiger partial charge in [0.05, 0.1) is 7.11 Å². The van der Waals surface area contributed by atoms with Gasteiger partial charge >= 0.3 is 0 Å². The summed E-state index contributed by atoms with van der Waals surface area (Å²) in [6.07, 6.45) is 2.79. The number of hydrogen-bond donors (Lipinski definition) is 2. The SMILES string of the molecule is CC/C=C(\OC)c1nc2cc(N3CCNCC3)nc(N)n2n1. The molecule has 8 nitrogen and oxygen atoms in total. The number of hydrogen-bond acceptors (Lipinski definition) is 7. The molecule has 0 bridgehead atoms. The molecule has 2 aromatic heterocycles. The second kappa shape index (κ2) is 6.18. The number of nitrogens with one attached hydrogen (secondary N) is 1. The normalized spacial score (nSPS) is 16.3.